The van der Waals surface area contributed by atoms with Crippen LogP contribution in [-0.2, 0) is 0 Å². The van der Waals surface area contributed by atoms with Gasteiger partial charge >= 0.3 is 5.63 Å². The van der Waals surface area contributed by atoms with Crippen molar-refractivity contribution < 1.29 is 14.3 Å². The number of aliphatic hydroxyl groups excluding tert-OH is 1. The van der Waals surface area contributed by atoms with Gasteiger partial charge in [-0.15, -0.1) is 0 Å². The normalized spacial score (nSPS) is 17.3. The van der Waals surface area contributed by atoms with Crippen molar-refractivity contribution in [2.75, 3.05) is 26.2 Å². The zero-order chi connectivity index (χ0) is 16.2. The molecule has 5 heteroatoms. The van der Waals surface area contributed by atoms with Crippen molar-refractivity contribution in [3.05, 3.63) is 40.2 Å². The molecule has 1 aromatic heterocycles. The number of ether oxygens (including phenoxy) is 1. The molecular weight excluding hydrogens is 294 g/mol. The molecule has 1 atom stereocenters. The van der Waals surface area contributed by atoms with E-state index in [1.807, 2.05) is 13.0 Å². The summed E-state index contributed by atoms with van der Waals surface area (Å²) < 4.78 is 10.9. The lowest BCUT2D eigenvalue weighted by molar-refractivity contribution is 0.0617. The van der Waals surface area contributed by atoms with Crippen LogP contribution < -0.4 is 10.4 Å². The first-order valence-electron chi connectivity index (χ1n) is 8.19. The summed E-state index contributed by atoms with van der Waals surface area (Å²) in [5.41, 5.74) is 1.06. The summed E-state index contributed by atoms with van der Waals surface area (Å²) in [7, 11) is 0. The van der Waals surface area contributed by atoms with Gasteiger partial charge in [-0.2, -0.15) is 0 Å². The highest BCUT2D eigenvalue weighted by Gasteiger charge is 2.15. The second kappa shape index (κ2) is 7.15. The van der Waals surface area contributed by atoms with Crippen LogP contribution >= 0.6 is 0 Å². The minimum atomic E-state index is -0.501. The zero-order valence-corrected chi connectivity index (χ0v) is 13.5. The standard InChI is InChI=1S/C18H23NO4/c1-13-9-18(21)23-17-6-5-15(10-16(13)17)22-12-14(20)11-19-7-3-2-4-8-19/h5-6,9-10,14,20H,2-4,7-8,11-12H2,1H3. The molecule has 1 fully saturated rings. The molecule has 0 bridgehead atoms. The number of β-amino-alcohol motifs (C(OH)–C–C–N with tert-alkyl or cyclic N) is 1. The number of benzene rings is 1. The molecule has 2 aromatic rings. The summed E-state index contributed by atoms with van der Waals surface area (Å²) in [5.74, 6) is 0.673. The van der Waals surface area contributed by atoms with Gasteiger partial charge in [0.25, 0.3) is 0 Å². The largest absolute Gasteiger partial charge is 0.491 e. The lowest BCUT2D eigenvalue weighted by Crippen LogP contribution is -2.38. The third kappa shape index (κ3) is 4.12. The highest BCUT2D eigenvalue weighted by Crippen LogP contribution is 2.22. The summed E-state index contributed by atoms with van der Waals surface area (Å²) in [6, 6.07) is 6.81. The summed E-state index contributed by atoms with van der Waals surface area (Å²) in [6.07, 6.45) is 3.21. The van der Waals surface area contributed by atoms with Crippen molar-refractivity contribution in [2.45, 2.75) is 32.3 Å². The molecule has 1 saturated heterocycles. The minimum Gasteiger partial charge on any atom is -0.491 e. The van der Waals surface area contributed by atoms with Crippen LogP contribution in [0.2, 0.25) is 0 Å². The number of aliphatic hydroxyl groups is 1. The van der Waals surface area contributed by atoms with Crippen molar-refractivity contribution >= 4 is 11.0 Å². The third-order valence-electron chi connectivity index (χ3n) is 4.28. The summed E-state index contributed by atoms with van der Waals surface area (Å²) in [4.78, 5) is 13.6. The molecule has 0 spiro atoms. The zero-order valence-electron chi connectivity index (χ0n) is 13.5. The quantitative estimate of drug-likeness (QED) is 0.858. The number of hydrogen-bond donors (Lipinski definition) is 1. The monoisotopic (exact) mass is 317 g/mol. The lowest BCUT2D eigenvalue weighted by Gasteiger charge is -2.28. The van der Waals surface area contributed by atoms with Crippen molar-refractivity contribution in [2.24, 2.45) is 0 Å². The predicted octanol–water partition coefficient (Wildman–Crippen LogP) is 2.33. The van der Waals surface area contributed by atoms with Crippen LogP contribution in [0, 0.1) is 6.92 Å². The Bertz CT molecular complexity index is 719. The number of hydrogen-bond acceptors (Lipinski definition) is 5. The van der Waals surface area contributed by atoms with Crippen molar-refractivity contribution in [1.29, 1.82) is 0 Å². The number of nitrogens with zero attached hydrogens (tertiary/aromatic N) is 1. The Labute approximate surface area is 135 Å². The smallest absolute Gasteiger partial charge is 0.336 e. The molecule has 1 unspecified atom stereocenters. The molecule has 2 heterocycles. The maximum atomic E-state index is 11.4. The van der Waals surface area contributed by atoms with Crippen LogP contribution in [0.15, 0.2) is 33.5 Å². The van der Waals surface area contributed by atoms with E-state index in [2.05, 4.69) is 4.90 Å². The molecule has 1 aromatic carbocycles. The van der Waals surface area contributed by atoms with Crippen LogP contribution in [0.4, 0.5) is 0 Å². The molecule has 5 nitrogen and oxygen atoms in total. The average Bonchev–Trinajstić information content (AvgIpc) is 2.54. The first-order chi connectivity index (χ1) is 11.1. The molecule has 1 aliphatic rings. The molecule has 124 valence electrons. The van der Waals surface area contributed by atoms with Gasteiger partial charge in [0.1, 0.15) is 24.0 Å². The lowest BCUT2D eigenvalue weighted by atomic mass is 10.1. The van der Waals surface area contributed by atoms with Gasteiger partial charge in [-0.05, 0) is 56.6 Å². The van der Waals surface area contributed by atoms with Crippen LogP contribution in [0.1, 0.15) is 24.8 Å². The maximum absolute atomic E-state index is 11.4. The Morgan fingerprint density at radius 2 is 2.04 bits per heavy atom. The van der Waals surface area contributed by atoms with Gasteiger partial charge in [0.2, 0.25) is 0 Å². The first kappa shape index (κ1) is 16.0. The molecule has 3 rings (SSSR count). The highest BCUT2D eigenvalue weighted by atomic mass is 16.5. The van der Waals surface area contributed by atoms with E-state index in [-0.39, 0.29) is 12.2 Å². The average molecular weight is 317 g/mol. The van der Waals surface area contributed by atoms with Crippen molar-refractivity contribution in [1.82, 2.24) is 4.90 Å². The van der Waals surface area contributed by atoms with E-state index in [1.165, 1.54) is 25.3 Å². The van der Waals surface area contributed by atoms with Gasteiger partial charge < -0.3 is 19.2 Å². The van der Waals surface area contributed by atoms with Gasteiger partial charge in [0.05, 0.1) is 0 Å². The van der Waals surface area contributed by atoms with E-state index in [1.54, 1.807) is 12.1 Å². The van der Waals surface area contributed by atoms with E-state index < -0.39 is 6.10 Å². The topological polar surface area (TPSA) is 62.9 Å². The molecule has 1 aliphatic heterocycles. The Kier molecular flexibility index (Phi) is 4.98. The van der Waals surface area contributed by atoms with Crippen molar-refractivity contribution in [3.63, 3.8) is 0 Å². The maximum Gasteiger partial charge on any atom is 0.336 e. The fraction of sp³-hybridized carbons (Fsp3) is 0.500. The van der Waals surface area contributed by atoms with Gasteiger partial charge in [0.15, 0.2) is 0 Å². The highest BCUT2D eigenvalue weighted by molar-refractivity contribution is 5.81. The molecule has 0 amide bonds. The fourth-order valence-corrected chi connectivity index (χ4v) is 3.07. The fourth-order valence-electron chi connectivity index (χ4n) is 3.07. The molecule has 0 radical (unpaired) electrons. The van der Waals surface area contributed by atoms with Crippen LogP contribution in [0.5, 0.6) is 5.75 Å². The third-order valence-corrected chi connectivity index (χ3v) is 4.28. The van der Waals surface area contributed by atoms with E-state index in [4.69, 9.17) is 9.15 Å². The van der Waals surface area contributed by atoms with Gasteiger partial charge in [-0.1, -0.05) is 6.42 Å². The predicted molar refractivity (Wildman–Crippen MR) is 89.0 cm³/mol. The molecule has 23 heavy (non-hydrogen) atoms. The Hall–Kier alpha value is -1.85. The Morgan fingerprint density at radius 3 is 2.83 bits per heavy atom. The second-order valence-corrected chi connectivity index (χ2v) is 6.23. The first-order valence-corrected chi connectivity index (χ1v) is 8.19. The van der Waals surface area contributed by atoms with Gasteiger partial charge in [0, 0.05) is 18.0 Å². The van der Waals surface area contributed by atoms with Crippen LogP contribution in [-0.4, -0.2) is 42.4 Å². The van der Waals surface area contributed by atoms with E-state index in [9.17, 15) is 9.90 Å². The number of likely N-dealkylation sites (tertiary alicyclic amines) is 1. The van der Waals surface area contributed by atoms with Gasteiger partial charge in [-0.25, -0.2) is 4.79 Å². The number of piperidine rings is 1. The number of fused-ring (bicyclic) bond motifs is 1. The molecule has 0 saturated carbocycles. The summed E-state index contributed by atoms with van der Waals surface area (Å²) >= 11 is 0. The number of aryl methyl sites for hydroxylation is 1. The van der Waals surface area contributed by atoms with Gasteiger partial charge in [-0.3, -0.25) is 0 Å². The number of rotatable bonds is 5. The molecular formula is C18H23NO4. The van der Waals surface area contributed by atoms with E-state index >= 15 is 0 Å². The van der Waals surface area contributed by atoms with Crippen LogP contribution in [0.3, 0.4) is 0 Å². The minimum absolute atomic E-state index is 0.262. The van der Waals surface area contributed by atoms with E-state index in [0.29, 0.717) is 17.9 Å². The Balaban J connectivity index is 1.61. The summed E-state index contributed by atoms with van der Waals surface area (Å²) in [6.45, 7) is 4.91. The summed E-state index contributed by atoms with van der Waals surface area (Å²) in [5, 5.41) is 11.0. The van der Waals surface area contributed by atoms with Crippen LogP contribution in [0.25, 0.3) is 11.0 Å². The van der Waals surface area contributed by atoms with Crippen molar-refractivity contribution in [3.8, 4) is 5.75 Å². The Morgan fingerprint density at radius 1 is 1.26 bits per heavy atom. The van der Waals surface area contributed by atoms with E-state index in [0.717, 1.165) is 24.0 Å². The molecule has 0 aliphatic carbocycles. The second-order valence-electron chi connectivity index (χ2n) is 6.23. The SMILES string of the molecule is Cc1cc(=O)oc2ccc(OCC(O)CN3CCCCC3)cc12. The molecule has 1 N–H and O–H groups in total.